The van der Waals surface area contributed by atoms with Crippen molar-refractivity contribution in [1.29, 1.82) is 0 Å². The lowest BCUT2D eigenvalue weighted by molar-refractivity contribution is -0.385. The van der Waals surface area contributed by atoms with Crippen molar-refractivity contribution >= 4 is 63.8 Å². The summed E-state index contributed by atoms with van der Waals surface area (Å²) in [4.78, 5) is 55.4. The van der Waals surface area contributed by atoms with Gasteiger partial charge >= 0.3 is 0 Å². The number of aryl methyl sites for hydroxylation is 1. The van der Waals surface area contributed by atoms with Gasteiger partial charge in [0.05, 0.1) is 27.1 Å². The fraction of sp³-hybridized carbons (Fsp3) is 0.143. The van der Waals surface area contributed by atoms with Crippen LogP contribution in [0.4, 0.5) is 28.8 Å². The third kappa shape index (κ3) is 4.70. The van der Waals surface area contributed by atoms with Crippen LogP contribution in [0.2, 0.25) is 10.0 Å². The van der Waals surface area contributed by atoms with Crippen LogP contribution < -0.4 is 21.5 Å². The maximum Gasteiger partial charge on any atom is 0.274 e. The highest BCUT2D eigenvalue weighted by atomic mass is 35.5. The van der Waals surface area contributed by atoms with E-state index in [1.54, 1.807) is 19.1 Å². The summed E-state index contributed by atoms with van der Waals surface area (Å²) in [5.74, 6) is -2.45. The minimum Gasteiger partial charge on any atom is -0.325 e. The molecule has 0 aliphatic carbocycles. The van der Waals surface area contributed by atoms with Crippen LogP contribution in [-0.2, 0) is 9.59 Å². The number of fused-ring (bicyclic) bond motifs is 1. The van der Waals surface area contributed by atoms with Gasteiger partial charge in [-0.2, -0.15) is 4.98 Å². The van der Waals surface area contributed by atoms with Crippen molar-refractivity contribution in [3.63, 3.8) is 0 Å². The summed E-state index contributed by atoms with van der Waals surface area (Å²) in [7, 11) is 0. The average molecular weight is 503 g/mol. The van der Waals surface area contributed by atoms with Crippen molar-refractivity contribution in [2.24, 2.45) is 0 Å². The Bertz CT molecular complexity index is 1410. The Morgan fingerprint density at radius 3 is 2.68 bits per heavy atom. The second-order valence-electron chi connectivity index (χ2n) is 7.48. The van der Waals surface area contributed by atoms with Gasteiger partial charge in [0.25, 0.3) is 11.2 Å². The first kappa shape index (κ1) is 23.2. The van der Waals surface area contributed by atoms with Gasteiger partial charge in [0.2, 0.25) is 17.8 Å². The second kappa shape index (κ2) is 9.12. The molecule has 0 fully saturated rings. The lowest BCUT2D eigenvalue weighted by Crippen LogP contribution is -2.36. The predicted octanol–water partition coefficient (Wildman–Crippen LogP) is 4.10. The number of nitrogens with one attached hydrogen (secondary N) is 4. The number of anilines is 4. The SMILES string of the molecule is Cc1ccc(NC(=O)C2CC(=O)Nc3nc(Nc4ccc(Cl)cc4Cl)[nH]c(=O)c32)cc1[N+](=O)[O-]. The number of hydrogen-bond acceptors (Lipinski definition) is 7. The number of nitrogens with zero attached hydrogens (tertiary/aromatic N) is 2. The topological polar surface area (TPSA) is 159 Å². The molecule has 4 rings (SSSR count). The zero-order chi connectivity index (χ0) is 24.6. The molecular formula is C21H16Cl2N6O5. The number of carbonyl (C=O) groups is 2. The van der Waals surface area contributed by atoms with Crippen LogP contribution in [0.3, 0.4) is 0 Å². The minimum atomic E-state index is -1.16. The molecule has 1 aliphatic rings. The summed E-state index contributed by atoms with van der Waals surface area (Å²) in [6.45, 7) is 1.57. The van der Waals surface area contributed by atoms with Crippen LogP contribution >= 0.6 is 23.2 Å². The number of aromatic amines is 1. The smallest absolute Gasteiger partial charge is 0.274 e. The van der Waals surface area contributed by atoms with Gasteiger partial charge in [-0.25, -0.2) is 0 Å². The van der Waals surface area contributed by atoms with Crippen molar-refractivity contribution in [2.45, 2.75) is 19.3 Å². The van der Waals surface area contributed by atoms with Crippen LogP contribution in [-0.4, -0.2) is 26.7 Å². The Balaban J connectivity index is 1.64. The summed E-state index contributed by atoms with van der Waals surface area (Å²) in [5, 5.41) is 19.8. The van der Waals surface area contributed by atoms with Crippen LogP contribution in [0.1, 0.15) is 23.5 Å². The molecule has 11 nitrogen and oxygen atoms in total. The fourth-order valence-corrected chi connectivity index (χ4v) is 3.94. The highest BCUT2D eigenvalue weighted by Crippen LogP contribution is 2.32. The van der Waals surface area contributed by atoms with Crippen molar-refractivity contribution in [1.82, 2.24) is 9.97 Å². The number of hydrogen-bond donors (Lipinski definition) is 4. The Morgan fingerprint density at radius 1 is 1.21 bits per heavy atom. The Hall–Kier alpha value is -3.96. The first-order valence-electron chi connectivity index (χ1n) is 9.84. The van der Waals surface area contributed by atoms with Crippen molar-refractivity contribution in [2.75, 3.05) is 16.0 Å². The molecule has 1 aliphatic heterocycles. The quantitative estimate of drug-likeness (QED) is 0.301. The maximum atomic E-state index is 13.0. The molecule has 174 valence electrons. The molecule has 0 bridgehead atoms. The average Bonchev–Trinajstić information content (AvgIpc) is 2.76. The molecule has 2 aromatic carbocycles. The van der Waals surface area contributed by atoms with Gasteiger partial charge in [-0.3, -0.25) is 29.5 Å². The number of halogens is 2. The molecule has 2 heterocycles. The summed E-state index contributed by atoms with van der Waals surface area (Å²) >= 11 is 12.0. The molecule has 13 heteroatoms. The lowest BCUT2D eigenvalue weighted by atomic mass is 9.92. The van der Waals surface area contributed by atoms with Crippen LogP contribution in [0.15, 0.2) is 41.2 Å². The van der Waals surface area contributed by atoms with E-state index in [2.05, 4.69) is 25.9 Å². The molecule has 34 heavy (non-hydrogen) atoms. The molecule has 1 aromatic heterocycles. The van der Waals surface area contributed by atoms with Gasteiger partial charge in [-0.15, -0.1) is 0 Å². The molecule has 0 radical (unpaired) electrons. The third-order valence-corrected chi connectivity index (χ3v) is 5.67. The van der Waals surface area contributed by atoms with Crippen LogP contribution in [0.5, 0.6) is 0 Å². The van der Waals surface area contributed by atoms with Crippen molar-refractivity contribution in [3.05, 3.63) is 78.0 Å². The number of carbonyl (C=O) groups excluding carboxylic acids is 2. The number of nitro groups is 1. The lowest BCUT2D eigenvalue weighted by Gasteiger charge is -2.23. The van der Waals surface area contributed by atoms with Crippen molar-refractivity contribution < 1.29 is 14.5 Å². The molecule has 0 spiro atoms. The Kier molecular flexibility index (Phi) is 6.22. The van der Waals surface area contributed by atoms with Crippen LogP contribution in [0, 0.1) is 17.0 Å². The molecule has 2 amide bonds. The van der Waals surface area contributed by atoms with Gasteiger partial charge in [-0.05, 0) is 31.2 Å². The number of H-pyrrole nitrogens is 1. The van der Waals surface area contributed by atoms with E-state index >= 15 is 0 Å². The van der Waals surface area contributed by atoms with E-state index in [-0.39, 0.29) is 40.1 Å². The van der Waals surface area contributed by atoms with Crippen molar-refractivity contribution in [3.8, 4) is 0 Å². The molecule has 0 saturated carbocycles. The Labute approximate surface area is 201 Å². The molecule has 0 saturated heterocycles. The minimum absolute atomic E-state index is 0.0107. The zero-order valence-electron chi connectivity index (χ0n) is 17.4. The van der Waals surface area contributed by atoms with E-state index in [0.717, 1.165) is 0 Å². The van der Waals surface area contributed by atoms with E-state index in [1.807, 2.05) is 0 Å². The first-order valence-corrected chi connectivity index (χ1v) is 10.6. The monoisotopic (exact) mass is 502 g/mol. The second-order valence-corrected chi connectivity index (χ2v) is 8.32. The van der Waals surface area contributed by atoms with E-state index < -0.39 is 28.2 Å². The fourth-order valence-electron chi connectivity index (χ4n) is 3.49. The number of benzene rings is 2. The van der Waals surface area contributed by atoms with E-state index in [1.165, 1.54) is 24.3 Å². The van der Waals surface area contributed by atoms with Gasteiger partial charge in [-0.1, -0.05) is 29.3 Å². The predicted molar refractivity (Wildman–Crippen MR) is 127 cm³/mol. The molecular weight excluding hydrogens is 487 g/mol. The summed E-state index contributed by atoms with van der Waals surface area (Å²) < 4.78 is 0. The third-order valence-electron chi connectivity index (χ3n) is 5.13. The number of nitro benzene ring substituents is 1. The van der Waals surface area contributed by atoms with E-state index in [4.69, 9.17) is 23.2 Å². The zero-order valence-corrected chi connectivity index (χ0v) is 19.0. The standard InChI is InChI=1S/C21H16Cl2N6O5/c1-9-2-4-11(7-15(9)29(33)34)24-19(31)12-8-16(30)26-18-17(12)20(32)28-21(27-18)25-14-5-3-10(22)6-13(14)23/h2-7,12H,8H2,1H3,(H,24,31)(H3,25,26,27,28,30,32). The van der Waals surface area contributed by atoms with Gasteiger partial charge in [0.15, 0.2) is 0 Å². The van der Waals surface area contributed by atoms with E-state index in [9.17, 15) is 24.5 Å². The molecule has 3 aromatic rings. The number of aromatic nitrogens is 2. The van der Waals surface area contributed by atoms with Crippen LogP contribution in [0.25, 0.3) is 0 Å². The van der Waals surface area contributed by atoms with E-state index in [0.29, 0.717) is 16.3 Å². The number of amides is 2. The summed E-state index contributed by atoms with van der Waals surface area (Å²) in [6, 6.07) is 8.87. The normalized spacial score (nSPS) is 14.7. The molecule has 4 N–H and O–H groups in total. The number of rotatable bonds is 5. The molecule has 1 unspecified atom stereocenters. The maximum absolute atomic E-state index is 13.0. The van der Waals surface area contributed by atoms with Gasteiger partial charge < -0.3 is 16.0 Å². The Morgan fingerprint density at radius 2 is 1.97 bits per heavy atom. The molecule has 1 atom stereocenters. The summed E-state index contributed by atoms with van der Waals surface area (Å²) in [6.07, 6.45) is -0.298. The largest absolute Gasteiger partial charge is 0.325 e. The first-order chi connectivity index (χ1) is 16.1. The summed E-state index contributed by atoms with van der Waals surface area (Å²) in [5.41, 5.74) is 0.142. The van der Waals surface area contributed by atoms with Gasteiger partial charge in [0, 0.05) is 28.8 Å². The van der Waals surface area contributed by atoms with Gasteiger partial charge in [0.1, 0.15) is 5.82 Å². The highest BCUT2D eigenvalue weighted by Gasteiger charge is 2.35. The highest BCUT2D eigenvalue weighted by molar-refractivity contribution is 6.36.